The normalized spacial score (nSPS) is 14.1. The lowest BCUT2D eigenvalue weighted by molar-refractivity contribution is -0.146. The molecule has 1 unspecified atom stereocenters. The number of ketones is 1. The van der Waals surface area contributed by atoms with Gasteiger partial charge in [-0.1, -0.05) is 12.1 Å². The molecule has 1 saturated carbocycles. The smallest absolute Gasteiger partial charge is 0.339 e. The molecule has 1 aromatic carbocycles. The molecule has 4 rings (SSSR count). The molecule has 34 heavy (non-hydrogen) atoms. The second-order valence-electron chi connectivity index (χ2n) is 8.56. The summed E-state index contributed by atoms with van der Waals surface area (Å²) in [6.45, 7) is 4.80. The summed E-state index contributed by atoms with van der Waals surface area (Å²) in [7, 11) is 1.27. The highest BCUT2D eigenvalue weighted by Crippen LogP contribution is 2.35. The zero-order valence-corrected chi connectivity index (χ0v) is 19.6. The zero-order valence-electron chi connectivity index (χ0n) is 19.6. The van der Waals surface area contributed by atoms with Crippen LogP contribution in [-0.4, -0.2) is 45.5 Å². The molecule has 1 aliphatic rings. The van der Waals surface area contributed by atoms with E-state index in [4.69, 9.17) is 9.47 Å². The molecular formula is C25H27N3O6. The zero-order chi connectivity index (χ0) is 24.6. The summed E-state index contributed by atoms with van der Waals surface area (Å²) in [6.07, 6.45) is 0.968. The van der Waals surface area contributed by atoms with Crippen molar-refractivity contribution in [2.45, 2.75) is 58.6 Å². The quantitative estimate of drug-likeness (QED) is 0.401. The molecule has 0 bridgehead atoms. The van der Waals surface area contributed by atoms with Crippen LogP contribution in [0.4, 0.5) is 0 Å². The third-order valence-electron chi connectivity index (χ3n) is 6.10. The number of carbonyl (C=O) groups excluding carboxylic acids is 3. The summed E-state index contributed by atoms with van der Waals surface area (Å²) in [5.74, 6) is -1.01. The number of methoxy groups -OCH3 is 1. The van der Waals surface area contributed by atoms with Gasteiger partial charge >= 0.3 is 11.9 Å². The molecule has 1 atom stereocenters. The minimum absolute atomic E-state index is 0.0226. The Morgan fingerprint density at radius 2 is 1.91 bits per heavy atom. The van der Waals surface area contributed by atoms with Gasteiger partial charge in [0.05, 0.1) is 35.7 Å². The van der Waals surface area contributed by atoms with Gasteiger partial charge in [0.15, 0.2) is 6.10 Å². The number of hydrogen-bond donors (Lipinski definition) is 1. The van der Waals surface area contributed by atoms with Crippen LogP contribution in [0.3, 0.4) is 0 Å². The average Bonchev–Trinajstić information content (AvgIpc) is 3.61. The molecule has 1 aliphatic carbocycles. The third-order valence-corrected chi connectivity index (χ3v) is 6.10. The number of benzene rings is 1. The van der Waals surface area contributed by atoms with Gasteiger partial charge in [0.1, 0.15) is 5.82 Å². The molecule has 0 saturated heterocycles. The molecule has 178 valence electrons. The second-order valence-corrected chi connectivity index (χ2v) is 8.56. The molecule has 9 nitrogen and oxygen atoms in total. The van der Waals surface area contributed by atoms with E-state index in [0.29, 0.717) is 33.5 Å². The number of para-hydroxylation sites is 1. The van der Waals surface area contributed by atoms with Crippen LogP contribution in [0.15, 0.2) is 29.1 Å². The first-order valence-corrected chi connectivity index (χ1v) is 11.2. The topological polar surface area (TPSA) is 120 Å². The minimum atomic E-state index is -1.05. The lowest BCUT2D eigenvalue weighted by atomic mass is 10.1. The fourth-order valence-corrected chi connectivity index (χ4v) is 4.21. The van der Waals surface area contributed by atoms with Crippen LogP contribution in [0.5, 0.6) is 0 Å². The highest BCUT2D eigenvalue weighted by Gasteiger charge is 2.30. The standard InChI is InChI=1S/C25H27N3O6/c1-13-21(25(32)33-4)14(2)26-22(13)23(30)15(3)34-20(29)12-11-19-27-18-8-6-5-7-17(18)24(31)28(19)16-9-10-16/h5-8,15-16,26H,9-12H2,1-4H3. The lowest BCUT2D eigenvalue weighted by Gasteiger charge is -2.14. The van der Waals surface area contributed by atoms with Crippen LogP contribution in [-0.2, 0) is 20.7 Å². The van der Waals surface area contributed by atoms with E-state index in [1.807, 2.05) is 6.07 Å². The maximum absolute atomic E-state index is 13.0. The van der Waals surface area contributed by atoms with Crippen molar-refractivity contribution in [3.05, 3.63) is 63.0 Å². The number of aromatic nitrogens is 3. The molecule has 2 heterocycles. The fraction of sp³-hybridized carbons (Fsp3) is 0.400. The Kier molecular flexibility index (Phi) is 6.37. The number of hydrogen-bond acceptors (Lipinski definition) is 7. The number of fused-ring (bicyclic) bond motifs is 1. The number of H-pyrrole nitrogens is 1. The summed E-state index contributed by atoms with van der Waals surface area (Å²) in [4.78, 5) is 57.9. The average molecular weight is 466 g/mol. The first-order valence-electron chi connectivity index (χ1n) is 11.2. The number of nitrogens with zero attached hydrogens (tertiary/aromatic N) is 2. The van der Waals surface area contributed by atoms with Gasteiger partial charge in [0.2, 0.25) is 5.78 Å². The van der Waals surface area contributed by atoms with Crippen LogP contribution in [0, 0.1) is 13.8 Å². The van der Waals surface area contributed by atoms with Crippen molar-refractivity contribution in [1.82, 2.24) is 14.5 Å². The van der Waals surface area contributed by atoms with E-state index >= 15 is 0 Å². The maximum atomic E-state index is 13.0. The van der Waals surface area contributed by atoms with Crippen LogP contribution >= 0.6 is 0 Å². The summed E-state index contributed by atoms with van der Waals surface area (Å²) in [6, 6.07) is 7.26. The number of Topliss-reactive ketones (excluding diaryl/α,β-unsaturated/α-hetero) is 1. The van der Waals surface area contributed by atoms with Gasteiger partial charge in [-0.15, -0.1) is 0 Å². The number of nitrogens with one attached hydrogen (secondary N) is 1. The number of rotatable bonds is 8. The maximum Gasteiger partial charge on any atom is 0.339 e. The Hall–Kier alpha value is -3.75. The van der Waals surface area contributed by atoms with Gasteiger partial charge in [-0.25, -0.2) is 9.78 Å². The van der Waals surface area contributed by atoms with Crippen molar-refractivity contribution in [2.75, 3.05) is 7.11 Å². The predicted octanol–water partition coefficient (Wildman–Crippen LogP) is 3.21. The van der Waals surface area contributed by atoms with E-state index in [2.05, 4.69) is 9.97 Å². The summed E-state index contributed by atoms with van der Waals surface area (Å²) in [5.41, 5.74) is 1.95. The monoisotopic (exact) mass is 465 g/mol. The van der Waals surface area contributed by atoms with Crippen LogP contribution < -0.4 is 5.56 Å². The largest absolute Gasteiger partial charge is 0.465 e. The molecule has 0 spiro atoms. The number of aromatic amines is 1. The minimum Gasteiger partial charge on any atom is -0.465 e. The van der Waals surface area contributed by atoms with E-state index in [1.54, 1.807) is 36.6 Å². The Bertz CT molecular complexity index is 1350. The molecular weight excluding hydrogens is 438 g/mol. The molecule has 0 aliphatic heterocycles. The van der Waals surface area contributed by atoms with Crippen LogP contribution in [0.2, 0.25) is 0 Å². The Morgan fingerprint density at radius 1 is 1.21 bits per heavy atom. The Balaban J connectivity index is 1.46. The summed E-state index contributed by atoms with van der Waals surface area (Å²) < 4.78 is 11.8. The highest BCUT2D eigenvalue weighted by atomic mass is 16.5. The first-order chi connectivity index (χ1) is 16.2. The SMILES string of the molecule is COC(=O)c1c(C)[nH]c(C(=O)C(C)OC(=O)CCc2nc3ccccc3c(=O)n2C2CC2)c1C. The second kappa shape index (κ2) is 9.24. The van der Waals surface area contributed by atoms with Gasteiger partial charge in [-0.05, 0) is 51.3 Å². The van der Waals surface area contributed by atoms with E-state index < -0.39 is 23.8 Å². The molecule has 0 amide bonds. The lowest BCUT2D eigenvalue weighted by Crippen LogP contribution is -2.27. The number of esters is 2. The van der Waals surface area contributed by atoms with Gasteiger partial charge in [0, 0.05) is 18.2 Å². The van der Waals surface area contributed by atoms with E-state index in [1.165, 1.54) is 14.0 Å². The molecule has 0 radical (unpaired) electrons. The molecule has 1 N–H and O–H groups in total. The summed E-state index contributed by atoms with van der Waals surface area (Å²) >= 11 is 0. The van der Waals surface area contributed by atoms with Gasteiger partial charge in [-0.3, -0.25) is 19.0 Å². The fourth-order valence-electron chi connectivity index (χ4n) is 4.21. The van der Waals surface area contributed by atoms with E-state index in [-0.39, 0.29) is 30.1 Å². The number of carbonyl (C=O) groups is 3. The van der Waals surface area contributed by atoms with Crippen molar-refractivity contribution in [1.29, 1.82) is 0 Å². The van der Waals surface area contributed by atoms with Crippen LogP contribution in [0.1, 0.15) is 70.2 Å². The molecule has 3 aromatic rings. The van der Waals surface area contributed by atoms with Gasteiger partial charge in [0.25, 0.3) is 5.56 Å². The van der Waals surface area contributed by atoms with Crippen molar-refractivity contribution in [3.8, 4) is 0 Å². The van der Waals surface area contributed by atoms with Crippen molar-refractivity contribution in [2.24, 2.45) is 0 Å². The highest BCUT2D eigenvalue weighted by molar-refractivity contribution is 6.03. The number of ether oxygens (including phenoxy) is 2. The number of aryl methyl sites for hydroxylation is 2. The molecule has 2 aromatic heterocycles. The van der Waals surface area contributed by atoms with Crippen molar-refractivity contribution < 1.29 is 23.9 Å². The van der Waals surface area contributed by atoms with E-state index in [9.17, 15) is 19.2 Å². The van der Waals surface area contributed by atoms with E-state index in [0.717, 1.165) is 12.8 Å². The molecule has 9 heteroatoms. The third kappa shape index (κ3) is 4.37. The van der Waals surface area contributed by atoms with Crippen LogP contribution in [0.25, 0.3) is 10.9 Å². The predicted molar refractivity (Wildman–Crippen MR) is 124 cm³/mol. The summed E-state index contributed by atoms with van der Waals surface area (Å²) in [5, 5.41) is 0.558. The van der Waals surface area contributed by atoms with Crippen molar-refractivity contribution >= 4 is 28.6 Å². The van der Waals surface area contributed by atoms with Gasteiger partial charge in [-0.2, -0.15) is 0 Å². The first kappa shape index (κ1) is 23.4. The van der Waals surface area contributed by atoms with Gasteiger partial charge < -0.3 is 14.5 Å². The Labute approximate surface area is 196 Å². The Morgan fingerprint density at radius 3 is 2.59 bits per heavy atom. The molecule has 1 fully saturated rings. The van der Waals surface area contributed by atoms with Crippen molar-refractivity contribution in [3.63, 3.8) is 0 Å².